The highest BCUT2D eigenvalue weighted by molar-refractivity contribution is 6.04. The Bertz CT molecular complexity index is 1170. The van der Waals surface area contributed by atoms with Crippen LogP contribution in [0.4, 0.5) is 15.8 Å². The minimum absolute atomic E-state index is 0.106. The van der Waals surface area contributed by atoms with E-state index in [1.54, 1.807) is 12.1 Å². The van der Waals surface area contributed by atoms with Gasteiger partial charge in [-0.05, 0) is 55.9 Å². The predicted octanol–water partition coefficient (Wildman–Crippen LogP) is 3.29. The van der Waals surface area contributed by atoms with Crippen LogP contribution in [0.3, 0.4) is 0 Å². The maximum absolute atomic E-state index is 14.1. The number of aromatic nitrogens is 1. The van der Waals surface area contributed by atoms with E-state index in [1.807, 2.05) is 19.1 Å². The Morgan fingerprint density at radius 1 is 1.00 bits per heavy atom. The van der Waals surface area contributed by atoms with Crippen molar-refractivity contribution >= 4 is 17.3 Å². The number of halogens is 1. The number of piperazine rings is 1. The second-order valence-electron chi connectivity index (χ2n) is 7.82. The lowest BCUT2D eigenvalue weighted by Gasteiger charge is -2.34. The van der Waals surface area contributed by atoms with Crippen LogP contribution in [0, 0.1) is 12.7 Å². The maximum atomic E-state index is 14.1. The van der Waals surface area contributed by atoms with Gasteiger partial charge in [-0.3, -0.25) is 14.2 Å². The number of likely N-dealkylation sites (N-methyl/N-ethyl adjacent to an activating group) is 1. The first-order chi connectivity index (χ1) is 14.9. The number of carbonyl (C=O) groups is 1. The lowest BCUT2D eigenvalue weighted by atomic mass is 10.1. The maximum Gasteiger partial charge on any atom is 0.257 e. The molecule has 6 nitrogen and oxygen atoms in total. The number of carbonyl (C=O) groups excluding carboxylic acids is 1. The summed E-state index contributed by atoms with van der Waals surface area (Å²) in [5.41, 5.74) is 2.75. The molecule has 0 unspecified atom stereocenters. The summed E-state index contributed by atoms with van der Waals surface area (Å²) in [5, 5.41) is 2.90. The molecule has 1 aliphatic rings. The van der Waals surface area contributed by atoms with Crippen molar-refractivity contribution in [1.29, 1.82) is 0 Å². The van der Waals surface area contributed by atoms with Gasteiger partial charge in [0.2, 0.25) is 0 Å². The largest absolute Gasteiger partial charge is 0.369 e. The van der Waals surface area contributed by atoms with Crippen molar-refractivity contribution in [2.24, 2.45) is 0 Å². The van der Waals surface area contributed by atoms with Crippen LogP contribution in [0.25, 0.3) is 5.69 Å². The number of para-hydroxylation sites is 1. The average Bonchev–Trinajstić information content (AvgIpc) is 2.76. The second-order valence-corrected chi connectivity index (χ2v) is 7.82. The van der Waals surface area contributed by atoms with E-state index < -0.39 is 11.4 Å². The third-order valence-electron chi connectivity index (χ3n) is 5.61. The molecule has 0 spiro atoms. The number of hydrogen-bond donors (Lipinski definition) is 1. The zero-order chi connectivity index (χ0) is 22.0. The van der Waals surface area contributed by atoms with Crippen LogP contribution < -0.4 is 15.8 Å². The zero-order valence-corrected chi connectivity index (χ0v) is 17.6. The van der Waals surface area contributed by atoms with Gasteiger partial charge >= 0.3 is 0 Å². The normalized spacial score (nSPS) is 14.5. The third kappa shape index (κ3) is 4.51. The molecule has 1 fully saturated rings. The topological polar surface area (TPSA) is 57.6 Å². The fraction of sp³-hybridized carbons (Fsp3) is 0.250. The molecule has 2 aromatic carbocycles. The molecule has 7 heteroatoms. The van der Waals surface area contributed by atoms with Gasteiger partial charge in [0, 0.05) is 49.8 Å². The molecule has 1 aromatic heterocycles. The predicted molar refractivity (Wildman–Crippen MR) is 121 cm³/mol. The molecule has 1 aliphatic heterocycles. The van der Waals surface area contributed by atoms with Crippen LogP contribution in [-0.2, 0) is 0 Å². The Morgan fingerprint density at radius 3 is 2.45 bits per heavy atom. The molecule has 0 atom stereocenters. The second kappa shape index (κ2) is 8.73. The van der Waals surface area contributed by atoms with Crippen LogP contribution >= 0.6 is 0 Å². The number of aryl methyl sites for hydroxylation is 1. The Labute approximate surface area is 180 Å². The molecule has 0 saturated carbocycles. The molecule has 2 heterocycles. The molecular weight excluding hydrogens is 395 g/mol. The highest BCUT2D eigenvalue weighted by atomic mass is 19.1. The van der Waals surface area contributed by atoms with Crippen LogP contribution in [0.1, 0.15) is 15.9 Å². The number of amides is 1. The SMILES string of the molecule is Cc1cc(N2CCN(C)CC2)ccc1NC(=O)c1ccc(=O)n(-c2ccccc2F)c1. The van der Waals surface area contributed by atoms with Crippen LogP contribution in [-0.4, -0.2) is 48.6 Å². The molecule has 0 bridgehead atoms. The van der Waals surface area contributed by atoms with E-state index >= 15 is 0 Å². The minimum Gasteiger partial charge on any atom is -0.369 e. The highest BCUT2D eigenvalue weighted by Crippen LogP contribution is 2.24. The van der Waals surface area contributed by atoms with Gasteiger partial charge < -0.3 is 15.1 Å². The third-order valence-corrected chi connectivity index (χ3v) is 5.61. The van der Waals surface area contributed by atoms with E-state index in [2.05, 4.69) is 28.2 Å². The van der Waals surface area contributed by atoms with Crippen molar-refractivity contribution < 1.29 is 9.18 Å². The monoisotopic (exact) mass is 420 g/mol. The van der Waals surface area contributed by atoms with Crippen molar-refractivity contribution in [1.82, 2.24) is 9.47 Å². The van der Waals surface area contributed by atoms with E-state index in [4.69, 9.17) is 0 Å². The van der Waals surface area contributed by atoms with E-state index in [1.165, 1.54) is 30.5 Å². The number of anilines is 2. The first-order valence-electron chi connectivity index (χ1n) is 10.3. The van der Waals surface area contributed by atoms with Crippen LogP contribution in [0.2, 0.25) is 0 Å². The van der Waals surface area contributed by atoms with E-state index in [0.29, 0.717) is 5.69 Å². The number of rotatable bonds is 4. The molecular formula is C24H25FN4O2. The number of nitrogens with one attached hydrogen (secondary N) is 1. The van der Waals surface area contributed by atoms with Gasteiger partial charge in [-0.25, -0.2) is 4.39 Å². The van der Waals surface area contributed by atoms with Gasteiger partial charge in [0.15, 0.2) is 0 Å². The lowest BCUT2D eigenvalue weighted by Crippen LogP contribution is -2.44. The smallest absolute Gasteiger partial charge is 0.257 e. The molecule has 31 heavy (non-hydrogen) atoms. The van der Waals surface area contributed by atoms with Crippen LogP contribution in [0.15, 0.2) is 65.6 Å². The first-order valence-corrected chi connectivity index (χ1v) is 10.3. The summed E-state index contributed by atoms with van der Waals surface area (Å²) in [6.45, 7) is 5.94. The van der Waals surface area contributed by atoms with Gasteiger partial charge in [-0.15, -0.1) is 0 Å². The van der Waals surface area contributed by atoms with Gasteiger partial charge in [-0.1, -0.05) is 12.1 Å². The van der Waals surface area contributed by atoms with Crippen molar-refractivity contribution in [3.8, 4) is 5.69 Å². The molecule has 1 N–H and O–H groups in total. The Hall–Kier alpha value is -3.45. The van der Waals surface area contributed by atoms with E-state index in [-0.39, 0.29) is 17.2 Å². The van der Waals surface area contributed by atoms with Crippen molar-refractivity contribution in [2.45, 2.75) is 6.92 Å². The standard InChI is InChI=1S/C24H25FN4O2/c1-17-15-19(28-13-11-27(2)12-14-28)8-9-21(17)26-24(31)18-7-10-23(30)29(16-18)22-6-4-3-5-20(22)25/h3-10,15-16H,11-14H2,1-2H3,(H,26,31). The molecule has 4 rings (SSSR count). The molecule has 0 aliphatic carbocycles. The van der Waals surface area contributed by atoms with Crippen LogP contribution in [0.5, 0.6) is 0 Å². The molecule has 1 saturated heterocycles. The quantitative estimate of drug-likeness (QED) is 0.704. The van der Waals surface area contributed by atoms with E-state index in [9.17, 15) is 14.0 Å². The molecule has 1 amide bonds. The lowest BCUT2D eigenvalue weighted by molar-refractivity contribution is 0.102. The fourth-order valence-electron chi connectivity index (χ4n) is 3.70. The van der Waals surface area contributed by atoms with Gasteiger partial charge in [0.05, 0.1) is 11.3 Å². The summed E-state index contributed by atoms with van der Waals surface area (Å²) in [6.07, 6.45) is 1.37. The average molecular weight is 420 g/mol. The zero-order valence-electron chi connectivity index (χ0n) is 17.6. The molecule has 3 aromatic rings. The summed E-state index contributed by atoms with van der Waals surface area (Å²) < 4.78 is 15.3. The number of hydrogen-bond acceptors (Lipinski definition) is 4. The van der Waals surface area contributed by atoms with Gasteiger partial charge in [0.25, 0.3) is 11.5 Å². The summed E-state index contributed by atoms with van der Waals surface area (Å²) in [7, 11) is 2.12. The number of benzene rings is 2. The highest BCUT2D eigenvalue weighted by Gasteiger charge is 2.16. The number of pyridine rings is 1. The first kappa shape index (κ1) is 20.8. The van der Waals surface area contributed by atoms with Crippen molar-refractivity contribution in [3.63, 3.8) is 0 Å². The Morgan fingerprint density at radius 2 is 1.74 bits per heavy atom. The molecule has 0 radical (unpaired) electrons. The fourth-order valence-corrected chi connectivity index (χ4v) is 3.70. The Kier molecular flexibility index (Phi) is 5.86. The van der Waals surface area contributed by atoms with Gasteiger partial charge in [0.1, 0.15) is 5.82 Å². The summed E-state index contributed by atoms with van der Waals surface area (Å²) in [5.74, 6) is -0.891. The summed E-state index contributed by atoms with van der Waals surface area (Å²) in [6, 6.07) is 14.7. The summed E-state index contributed by atoms with van der Waals surface area (Å²) >= 11 is 0. The van der Waals surface area contributed by atoms with Crippen molar-refractivity contribution in [2.75, 3.05) is 43.4 Å². The van der Waals surface area contributed by atoms with Crippen molar-refractivity contribution in [3.05, 3.63) is 88.1 Å². The minimum atomic E-state index is -0.530. The Balaban J connectivity index is 1.54. The van der Waals surface area contributed by atoms with E-state index in [0.717, 1.165) is 42.0 Å². The summed E-state index contributed by atoms with van der Waals surface area (Å²) in [4.78, 5) is 29.7. The number of nitrogens with zero attached hydrogens (tertiary/aromatic N) is 3. The van der Waals surface area contributed by atoms with Gasteiger partial charge in [-0.2, -0.15) is 0 Å². The molecule has 160 valence electrons.